The highest BCUT2D eigenvalue weighted by atomic mass is 35.5. The summed E-state index contributed by atoms with van der Waals surface area (Å²) in [7, 11) is 0. The van der Waals surface area contributed by atoms with Crippen LogP contribution in [0.25, 0.3) is 11.3 Å². The van der Waals surface area contributed by atoms with Crippen LogP contribution in [0.4, 0.5) is 5.69 Å². The first-order valence-electron chi connectivity index (χ1n) is 4.31. The molecule has 0 atom stereocenters. The number of nitroso groups, excluding NO2 is 1. The van der Waals surface area contributed by atoms with Crippen molar-refractivity contribution in [2.45, 2.75) is 0 Å². The van der Waals surface area contributed by atoms with E-state index in [-0.39, 0.29) is 5.69 Å². The van der Waals surface area contributed by atoms with Gasteiger partial charge in [0.2, 0.25) is 0 Å². The first-order chi connectivity index (χ1) is 7.70. The molecule has 0 aliphatic heterocycles. The van der Waals surface area contributed by atoms with Crippen molar-refractivity contribution >= 4 is 28.9 Å². The second-order valence-electron chi connectivity index (χ2n) is 2.98. The van der Waals surface area contributed by atoms with Crippen LogP contribution in [0.3, 0.4) is 0 Å². The molecule has 4 nitrogen and oxygen atoms in total. The third-order valence-corrected chi connectivity index (χ3v) is 2.50. The van der Waals surface area contributed by atoms with Crippen LogP contribution >= 0.6 is 23.2 Å². The largest absolute Gasteiger partial charge is 0.236 e. The van der Waals surface area contributed by atoms with Gasteiger partial charge < -0.3 is 0 Å². The van der Waals surface area contributed by atoms with Gasteiger partial charge in [-0.1, -0.05) is 29.3 Å². The number of aromatic nitrogens is 2. The maximum absolute atomic E-state index is 10.5. The van der Waals surface area contributed by atoms with E-state index in [1.165, 1.54) is 6.33 Å². The van der Waals surface area contributed by atoms with Gasteiger partial charge in [0.15, 0.2) is 0 Å². The van der Waals surface area contributed by atoms with Crippen molar-refractivity contribution in [3.63, 3.8) is 0 Å². The number of halogens is 2. The number of hydrogen-bond donors (Lipinski definition) is 0. The Morgan fingerprint density at radius 3 is 2.62 bits per heavy atom. The molecular formula is C10H5Cl2N3O. The van der Waals surface area contributed by atoms with E-state index in [1.54, 1.807) is 24.3 Å². The quantitative estimate of drug-likeness (QED) is 0.604. The fraction of sp³-hybridized carbons (Fsp3) is 0. The van der Waals surface area contributed by atoms with E-state index < -0.39 is 0 Å². The lowest BCUT2D eigenvalue weighted by Crippen LogP contribution is -1.85. The maximum Gasteiger partial charge on any atom is 0.133 e. The zero-order chi connectivity index (χ0) is 11.5. The van der Waals surface area contributed by atoms with Gasteiger partial charge >= 0.3 is 0 Å². The molecule has 0 N–H and O–H groups in total. The molecule has 1 aromatic carbocycles. The van der Waals surface area contributed by atoms with Crippen molar-refractivity contribution in [1.29, 1.82) is 0 Å². The van der Waals surface area contributed by atoms with Crippen LogP contribution < -0.4 is 0 Å². The molecule has 16 heavy (non-hydrogen) atoms. The number of hydrogen-bond acceptors (Lipinski definition) is 4. The molecule has 1 aromatic heterocycles. The van der Waals surface area contributed by atoms with E-state index in [9.17, 15) is 4.91 Å². The number of nitrogens with zero attached hydrogens (tertiary/aromatic N) is 3. The van der Waals surface area contributed by atoms with Crippen LogP contribution in [0.2, 0.25) is 10.2 Å². The molecule has 0 saturated carbocycles. The van der Waals surface area contributed by atoms with Gasteiger partial charge in [-0.3, -0.25) is 0 Å². The number of rotatable bonds is 2. The van der Waals surface area contributed by atoms with Crippen molar-refractivity contribution in [2.24, 2.45) is 5.18 Å². The lowest BCUT2D eigenvalue weighted by Gasteiger charge is -2.02. The molecule has 0 fully saturated rings. The smallest absolute Gasteiger partial charge is 0.133 e. The Hall–Kier alpha value is -1.52. The van der Waals surface area contributed by atoms with Crippen molar-refractivity contribution in [3.05, 3.63) is 45.7 Å². The van der Waals surface area contributed by atoms with Crippen molar-refractivity contribution in [3.8, 4) is 11.3 Å². The molecule has 0 saturated heterocycles. The maximum atomic E-state index is 10.5. The van der Waals surface area contributed by atoms with Crippen LogP contribution in [0, 0.1) is 4.91 Å². The van der Waals surface area contributed by atoms with Crippen LogP contribution in [0.1, 0.15) is 0 Å². The predicted octanol–water partition coefficient (Wildman–Crippen LogP) is 3.85. The van der Waals surface area contributed by atoms with E-state index in [4.69, 9.17) is 23.2 Å². The topological polar surface area (TPSA) is 55.2 Å². The fourth-order valence-corrected chi connectivity index (χ4v) is 1.53. The summed E-state index contributed by atoms with van der Waals surface area (Å²) in [5, 5.41) is 3.46. The molecule has 6 heteroatoms. The molecule has 0 aliphatic rings. The molecule has 0 amide bonds. The molecular weight excluding hydrogens is 249 g/mol. The molecule has 80 valence electrons. The van der Waals surface area contributed by atoms with Gasteiger partial charge in [-0.25, -0.2) is 9.97 Å². The third-order valence-electron chi connectivity index (χ3n) is 1.97. The van der Waals surface area contributed by atoms with Crippen LogP contribution in [-0.4, -0.2) is 9.97 Å². The summed E-state index contributed by atoms with van der Waals surface area (Å²) in [6.45, 7) is 0. The molecule has 2 aromatic rings. The zero-order valence-electron chi connectivity index (χ0n) is 7.89. The highest BCUT2D eigenvalue weighted by molar-refractivity contribution is 6.33. The molecule has 0 radical (unpaired) electrons. The van der Waals surface area contributed by atoms with Crippen molar-refractivity contribution in [1.82, 2.24) is 9.97 Å². The van der Waals surface area contributed by atoms with Crippen molar-refractivity contribution in [2.75, 3.05) is 0 Å². The minimum absolute atomic E-state index is 0.175. The summed E-state index contributed by atoms with van der Waals surface area (Å²) < 4.78 is 0. The highest BCUT2D eigenvalue weighted by Gasteiger charge is 2.05. The van der Waals surface area contributed by atoms with E-state index in [2.05, 4.69) is 15.1 Å². The SMILES string of the molecule is O=Nc1cc(-c2cc(Cl)ncn2)ccc1Cl. The van der Waals surface area contributed by atoms with Gasteiger partial charge in [-0.2, -0.15) is 0 Å². The Kier molecular flexibility index (Phi) is 3.12. The van der Waals surface area contributed by atoms with Gasteiger partial charge in [0.25, 0.3) is 0 Å². The van der Waals surface area contributed by atoms with E-state index >= 15 is 0 Å². The average Bonchev–Trinajstić information content (AvgIpc) is 2.29. The monoisotopic (exact) mass is 253 g/mol. The van der Waals surface area contributed by atoms with Gasteiger partial charge in [-0.15, -0.1) is 4.91 Å². The summed E-state index contributed by atoms with van der Waals surface area (Å²) in [6.07, 6.45) is 1.35. The summed E-state index contributed by atoms with van der Waals surface area (Å²) in [4.78, 5) is 18.3. The lowest BCUT2D eigenvalue weighted by atomic mass is 10.1. The lowest BCUT2D eigenvalue weighted by molar-refractivity contribution is 1.17. The molecule has 2 rings (SSSR count). The molecule has 0 unspecified atom stereocenters. The Bertz CT molecular complexity index is 545. The van der Waals surface area contributed by atoms with Gasteiger partial charge in [0.1, 0.15) is 17.2 Å². The average molecular weight is 254 g/mol. The molecule has 1 heterocycles. The summed E-state index contributed by atoms with van der Waals surface area (Å²) in [5.74, 6) is 0. The minimum atomic E-state index is 0.175. The minimum Gasteiger partial charge on any atom is -0.236 e. The Labute approximate surface area is 101 Å². The second kappa shape index (κ2) is 4.55. The van der Waals surface area contributed by atoms with Crippen LogP contribution in [-0.2, 0) is 0 Å². The standard InChI is InChI=1S/C10H5Cl2N3O/c11-7-2-1-6(3-9(7)15-16)8-4-10(12)14-5-13-8/h1-5H. The molecule has 0 spiro atoms. The highest BCUT2D eigenvalue weighted by Crippen LogP contribution is 2.30. The van der Waals surface area contributed by atoms with E-state index in [1.807, 2.05) is 0 Å². The Morgan fingerprint density at radius 2 is 1.94 bits per heavy atom. The normalized spacial score (nSPS) is 10.1. The van der Waals surface area contributed by atoms with Gasteiger partial charge in [0.05, 0.1) is 10.7 Å². The Balaban J connectivity index is 2.52. The molecule has 0 bridgehead atoms. The Morgan fingerprint density at radius 1 is 1.12 bits per heavy atom. The number of benzene rings is 1. The van der Waals surface area contributed by atoms with Gasteiger partial charge in [0, 0.05) is 11.6 Å². The van der Waals surface area contributed by atoms with Crippen LogP contribution in [0.5, 0.6) is 0 Å². The summed E-state index contributed by atoms with van der Waals surface area (Å²) in [5.41, 5.74) is 1.50. The summed E-state index contributed by atoms with van der Waals surface area (Å²) >= 11 is 11.5. The second-order valence-corrected chi connectivity index (χ2v) is 3.78. The van der Waals surface area contributed by atoms with E-state index in [0.717, 1.165) is 0 Å². The fourth-order valence-electron chi connectivity index (χ4n) is 1.23. The van der Waals surface area contributed by atoms with Crippen LogP contribution in [0.15, 0.2) is 35.8 Å². The first-order valence-corrected chi connectivity index (χ1v) is 5.07. The van der Waals surface area contributed by atoms with Gasteiger partial charge in [-0.05, 0) is 17.3 Å². The zero-order valence-corrected chi connectivity index (χ0v) is 9.40. The first kappa shape index (κ1) is 11.0. The third kappa shape index (κ3) is 2.18. The van der Waals surface area contributed by atoms with Crippen molar-refractivity contribution < 1.29 is 0 Å². The predicted molar refractivity (Wildman–Crippen MR) is 62.9 cm³/mol. The summed E-state index contributed by atoms with van der Waals surface area (Å²) in [6, 6.07) is 6.46. The van der Waals surface area contributed by atoms with E-state index in [0.29, 0.717) is 21.4 Å². The molecule has 0 aliphatic carbocycles.